The van der Waals surface area contributed by atoms with Crippen molar-refractivity contribution in [2.75, 3.05) is 13.2 Å². The van der Waals surface area contributed by atoms with Crippen molar-refractivity contribution in [3.8, 4) is 11.5 Å². The number of rotatable bonds is 7. The van der Waals surface area contributed by atoms with E-state index in [0.717, 1.165) is 27.0 Å². The molecule has 1 heterocycles. The largest absolute Gasteiger partial charge is 0.457 e. The van der Waals surface area contributed by atoms with Gasteiger partial charge in [-0.3, -0.25) is 0 Å². The van der Waals surface area contributed by atoms with E-state index in [1.807, 2.05) is 56.3 Å². The molecule has 1 N–H and O–H groups in total. The number of nitrogens with zero attached hydrogens (tertiary/aromatic N) is 1. The van der Waals surface area contributed by atoms with Gasteiger partial charge in [0.2, 0.25) is 6.29 Å². The van der Waals surface area contributed by atoms with Crippen LogP contribution in [0.3, 0.4) is 0 Å². The van der Waals surface area contributed by atoms with Crippen molar-refractivity contribution in [2.45, 2.75) is 20.1 Å². The van der Waals surface area contributed by atoms with Gasteiger partial charge in [-0.2, -0.15) is 0 Å². The van der Waals surface area contributed by atoms with Crippen LogP contribution in [-0.2, 0) is 9.47 Å². The molecule has 0 unspecified atom stereocenters. The molecule has 126 valence electrons. The number of benzene rings is 2. The number of hydrogen-bond acceptors (Lipinski definition) is 4. The lowest BCUT2D eigenvalue weighted by molar-refractivity contribution is -0.144. The molecule has 1 aromatic heterocycles. The summed E-state index contributed by atoms with van der Waals surface area (Å²) in [6, 6.07) is 13.4. The predicted molar refractivity (Wildman–Crippen MR) is 96.3 cm³/mol. The van der Waals surface area contributed by atoms with E-state index in [0.29, 0.717) is 19.0 Å². The number of nitrogens with one attached hydrogen (secondary N) is 1. The summed E-state index contributed by atoms with van der Waals surface area (Å²) in [5, 5.41) is 0. The zero-order valence-corrected chi connectivity index (χ0v) is 15.2. The lowest BCUT2D eigenvalue weighted by atomic mass is 10.3. The van der Waals surface area contributed by atoms with Crippen LogP contribution in [0.25, 0.3) is 11.0 Å². The first kappa shape index (κ1) is 17.0. The van der Waals surface area contributed by atoms with Gasteiger partial charge in [0.25, 0.3) is 0 Å². The highest BCUT2D eigenvalue weighted by atomic mass is 79.9. The molecule has 3 rings (SSSR count). The van der Waals surface area contributed by atoms with Gasteiger partial charge < -0.3 is 19.2 Å². The number of halogens is 1. The first-order valence-corrected chi connectivity index (χ1v) is 8.65. The van der Waals surface area contributed by atoms with Gasteiger partial charge in [0.15, 0.2) is 5.82 Å². The lowest BCUT2D eigenvalue weighted by Gasteiger charge is -2.13. The van der Waals surface area contributed by atoms with Gasteiger partial charge in [0, 0.05) is 23.8 Å². The molecular formula is C18H19BrN2O3. The zero-order chi connectivity index (χ0) is 16.9. The summed E-state index contributed by atoms with van der Waals surface area (Å²) in [5.74, 6) is 2.18. The fourth-order valence-corrected chi connectivity index (χ4v) is 2.60. The van der Waals surface area contributed by atoms with Gasteiger partial charge in [-0.05, 0) is 50.2 Å². The summed E-state index contributed by atoms with van der Waals surface area (Å²) >= 11 is 3.41. The van der Waals surface area contributed by atoms with E-state index in [-0.39, 0.29) is 0 Å². The fourth-order valence-electron chi connectivity index (χ4n) is 2.33. The lowest BCUT2D eigenvalue weighted by Crippen LogP contribution is -2.10. The Labute approximate surface area is 149 Å². The van der Waals surface area contributed by atoms with Crippen LogP contribution in [0.2, 0.25) is 0 Å². The summed E-state index contributed by atoms with van der Waals surface area (Å²) in [6.45, 7) is 4.97. The Kier molecular flexibility index (Phi) is 5.50. The first-order valence-electron chi connectivity index (χ1n) is 7.86. The summed E-state index contributed by atoms with van der Waals surface area (Å²) < 4.78 is 18.1. The Hall–Kier alpha value is -1.89. The number of imidazole rings is 1. The van der Waals surface area contributed by atoms with Gasteiger partial charge in [-0.15, -0.1) is 0 Å². The Morgan fingerprint density at radius 1 is 1.00 bits per heavy atom. The monoisotopic (exact) mass is 390 g/mol. The maximum absolute atomic E-state index is 5.88. The Morgan fingerprint density at radius 2 is 1.67 bits per heavy atom. The second kappa shape index (κ2) is 7.79. The number of aromatic nitrogens is 2. The van der Waals surface area contributed by atoms with E-state index in [1.165, 1.54) is 0 Å². The van der Waals surface area contributed by atoms with Crippen LogP contribution in [-0.4, -0.2) is 23.2 Å². The molecule has 3 aromatic rings. The second-order valence-electron chi connectivity index (χ2n) is 5.10. The molecule has 0 amide bonds. The van der Waals surface area contributed by atoms with E-state index < -0.39 is 6.29 Å². The number of H-pyrrole nitrogens is 1. The summed E-state index contributed by atoms with van der Waals surface area (Å²) in [7, 11) is 0. The molecule has 0 atom stereocenters. The zero-order valence-electron chi connectivity index (χ0n) is 13.6. The Balaban J connectivity index is 1.84. The molecule has 0 aliphatic heterocycles. The molecule has 24 heavy (non-hydrogen) atoms. The van der Waals surface area contributed by atoms with Crippen molar-refractivity contribution in [1.29, 1.82) is 0 Å². The second-order valence-corrected chi connectivity index (χ2v) is 6.02. The van der Waals surface area contributed by atoms with Gasteiger partial charge in [-0.1, -0.05) is 15.9 Å². The van der Waals surface area contributed by atoms with E-state index in [2.05, 4.69) is 25.9 Å². The molecule has 0 saturated carbocycles. The minimum absolute atomic E-state index is 0.483. The smallest absolute Gasteiger partial charge is 0.217 e. The standard InChI is InChI=1S/C18H19BrN2O3/c1-3-22-18(23-4-2)17-20-15-10-9-14(11-16(15)21-17)24-13-7-5-12(19)6-8-13/h5-11,18H,3-4H2,1-2H3,(H,20,21). The third kappa shape index (κ3) is 3.95. The normalized spacial score (nSPS) is 11.3. The molecule has 5 nitrogen and oxygen atoms in total. The molecule has 0 saturated heterocycles. The van der Waals surface area contributed by atoms with Crippen molar-refractivity contribution in [2.24, 2.45) is 0 Å². The van der Waals surface area contributed by atoms with Crippen LogP contribution < -0.4 is 4.74 Å². The van der Waals surface area contributed by atoms with Crippen molar-refractivity contribution in [3.63, 3.8) is 0 Å². The average Bonchev–Trinajstić information content (AvgIpc) is 3.00. The molecule has 6 heteroatoms. The topological polar surface area (TPSA) is 56.4 Å². The van der Waals surface area contributed by atoms with Gasteiger partial charge >= 0.3 is 0 Å². The van der Waals surface area contributed by atoms with E-state index in [1.54, 1.807) is 0 Å². The maximum atomic E-state index is 5.88. The van der Waals surface area contributed by atoms with Crippen molar-refractivity contribution < 1.29 is 14.2 Å². The van der Waals surface area contributed by atoms with Crippen LogP contribution >= 0.6 is 15.9 Å². The quantitative estimate of drug-likeness (QED) is 0.564. The van der Waals surface area contributed by atoms with E-state index in [4.69, 9.17) is 14.2 Å². The van der Waals surface area contributed by atoms with Gasteiger partial charge in [0.05, 0.1) is 11.0 Å². The van der Waals surface area contributed by atoms with E-state index >= 15 is 0 Å². The third-order valence-corrected chi connectivity index (χ3v) is 3.91. The minimum Gasteiger partial charge on any atom is -0.457 e. The molecule has 0 aliphatic rings. The van der Waals surface area contributed by atoms with Gasteiger partial charge in [0.1, 0.15) is 11.5 Å². The summed E-state index contributed by atoms with van der Waals surface area (Å²) in [4.78, 5) is 7.79. The highest BCUT2D eigenvalue weighted by Gasteiger charge is 2.16. The molecule has 2 aromatic carbocycles. The number of hydrogen-bond donors (Lipinski definition) is 1. The number of ether oxygens (including phenoxy) is 3. The minimum atomic E-state index is -0.483. The van der Waals surface area contributed by atoms with Crippen molar-refractivity contribution in [1.82, 2.24) is 9.97 Å². The molecular weight excluding hydrogens is 372 g/mol. The van der Waals surface area contributed by atoms with Crippen molar-refractivity contribution >= 4 is 27.0 Å². The maximum Gasteiger partial charge on any atom is 0.217 e. The third-order valence-electron chi connectivity index (χ3n) is 3.38. The average molecular weight is 391 g/mol. The van der Waals surface area contributed by atoms with Crippen LogP contribution in [0.4, 0.5) is 0 Å². The number of fused-ring (bicyclic) bond motifs is 1. The summed E-state index contributed by atoms with van der Waals surface area (Å²) in [5.41, 5.74) is 1.72. The first-order chi connectivity index (χ1) is 11.7. The van der Waals surface area contributed by atoms with Crippen molar-refractivity contribution in [3.05, 3.63) is 52.8 Å². The molecule has 0 bridgehead atoms. The molecule has 0 radical (unpaired) electrons. The fraction of sp³-hybridized carbons (Fsp3) is 0.278. The molecule has 0 aliphatic carbocycles. The predicted octanol–water partition coefficient (Wildman–Crippen LogP) is 5.19. The SMILES string of the molecule is CCOC(OCC)c1nc2ccc(Oc3ccc(Br)cc3)cc2[nH]1. The molecule has 0 spiro atoms. The van der Waals surface area contributed by atoms with Crippen LogP contribution in [0, 0.1) is 0 Å². The highest BCUT2D eigenvalue weighted by molar-refractivity contribution is 9.10. The summed E-state index contributed by atoms with van der Waals surface area (Å²) in [6.07, 6.45) is -0.483. The molecule has 0 fully saturated rings. The van der Waals surface area contributed by atoms with E-state index in [9.17, 15) is 0 Å². The van der Waals surface area contributed by atoms with Crippen LogP contribution in [0.5, 0.6) is 11.5 Å². The number of aromatic amines is 1. The van der Waals surface area contributed by atoms with Crippen LogP contribution in [0.1, 0.15) is 26.0 Å². The Bertz CT molecular complexity index is 796. The highest BCUT2D eigenvalue weighted by Crippen LogP contribution is 2.27. The van der Waals surface area contributed by atoms with Crippen LogP contribution in [0.15, 0.2) is 46.9 Å². The Morgan fingerprint density at radius 3 is 2.33 bits per heavy atom. The van der Waals surface area contributed by atoms with Gasteiger partial charge in [-0.25, -0.2) is 4.98 Å².